The highest BCUT2D eigenvalue weighted by Gasteiger charge is 2.06. The van der Waals surface area contributed by atoms with E-state index >= 15 is 0 Å². The molecule has 1 aromatic heterocycles. The van der Waals surface area contributed by atoms with Gasteiger partial charge in [-0.2, -0.15) is 0 Å². The minimum Gasteiger partial charge on any atom is -0.490 e. The molecule has 0 saturated heterocycles. The lowest BCUT2D eigenvalue weighted by Crippen LogP contribution is -2.09. The first-order valence-electron chi connectivity index (χ1n) is 5.73. The molecule has 2 aromatic rings. The number of carboxylic acid groups (broad SMARTS) is 1. The van der Waals surface area contributed by atoms with Crippen molar-refractivity contribution >= 4 is 29.2 Å². The van der Waals surface area contributed by atoms with Crippen molar-refractivity contribution in [2.24, 2.45) is 0 Å². The van der Waals surface area contributed by atoms with Crippen LogP contribution in [-0.4, -0.2) is 32.7 Å². The molecule has 0 aliphatic carbocycles. The maximum Gasteiger partial charge on any atom is 0.309 e. The zero-order valence-electron chi connectivity index (χ0n) is 10.3. The SMILES string of the molecule is O=C(O)Cc1cn(CCOc2ccc(Cl)cc2Cl)nn1. The number of nitrogens with zero attached hydrogens (tertiary/aromatic N) is 3. The fourth-order valence-corrected chi connectivity index (χ4v) is 1.99. The molecular formula is C12H11Cl2N3O3. The van der Waals surface area contributed by atoms with Gasteiger partial charge in [0.15, 0.2) is 0 Å². The van der Waals surface area contributed by atoms with Crippen LogP contribution in [0.15, 0.2) is 24.4 Å². The van der Waals surface area contributed by atoms with E-state index in [1.807, 2.05) is 0 Å². The molecule has 1 N–H and O–H groups in total. The molecule has 0 amide bonds. The van der Waals surface area contributed by atoms with Gasteiger partial charge in [0.25, 0.3) is 0 Å². The first-order valence-corrected chi connectivity index (χ1v) is 6.49. The highest BCUT2D eigenvalue weighted by atomic mass is 35.5. The summed E-state index contributed by atoms with van der Waals surface area (Å²) in [5.74, 6) is -0.414. The number of halogens is 2. The summed E-state index contributed by atoms with van der Waals surface area (Å²) < 4.78 is 7.01. The second kappa shape index (κ2) is 6.58. The molecule has 0 radical (unpaired) electrons. The van der Waals surface area contributed by atoms with E-state index in [0.717, 1.165) is 0 Å². The summed E-state index contributed by atoms with van der Waals surface area (Å²) in [5.41, 5.74) is 0.405. The predicted molar refractivity (Wildman–Crippen MR) is 73.3 cm³/mol. The van der Waals surface area contributed by atoms with Crippen LogP contribution in [0.3, 0.4) is 0 Å². The van der Waals surface area contributed by atoms with E-state index in [9.17, 15) is 4.79 Å². The van der Waals surface area contributed by atoms with Crippen molar-refractivity contribution in [2.75, 3.05) is 6.61 Å². The van der Waals surface area contributed by atoms with E-state index in [1.54, 1.807) is 24.4 Å². The molecule has 2 rings (SSSR count). The number of carboxylic acids is 1. The summed E-state index contributed by atoms with van der Waals surface area (Å²) in [6.07, 6.45) is 1.42. The van der Waals surface area contributed by atoms with Gasteiger partial charge in [0.2, 0.25) is 0 Å². The number of rotatable bonds is 6. The Morgan fingerprint density at radius 1 is 1.40 bits per heavy atom. The van der Waals surface area contributed by atoms with Gasteiger partial charge in [0, 0.05) is 11.2 Å². The van der Waals surface area contributed by atoms with Gasteiger partial charge in [-0.3, -0.25) is 4.79 Å². The van der Waals surface area contributed by atoms with Crippen LogP contribution < -0.4 is 4.74 Å². The second-order valence-corrected chi connectivity index (χ2v) is 4.81. The quantitative estimate of drug-likeness (QED) is 0.885. The van der Waals surface area contributed by atoms with E-state index in [2.05, 4.69) is 10.3 Å². The van der Waals surface area contributed by atoms with Crippen LogP contribution in [0.4, 0.5) is 0 Å². The van der Waals surface area contributed by atoms with Gasteiger partial charge in [0.05, 0.1) is 23.7 Å². The lowest BCUT2D eigenvalue weighted by molar-refractivity contribution is -0.136. The number of hydrogen-bond donors (Lipinski definition) is 1. The summed E-state index contributed by atoms with van der Waals surface area (Å²) in [6, 6.07) is 4.96. The second-order valence-electron chi connectivity index (χ2n) is 3.97. The fourth-order valence-electron chi connectivity index (χ4n) is 1.53. The lowest BCUT2D eigenvalue weighted by atomic mass is 10.3. The van der Waals surface area contributed by atoms with Crippen LogP contribution in [0.2, 0.25) is 10.0 Å². The zero-order chi connectivity index (χ0) is 14.5. The summed E-state index contributed by atoms with van der Waals surface area (Å²) >= 11 is 11.7. The first kappa shape index (κ1) is 14.6. The summed E-state index contributed by atoms with van der Waals surface area (Å²) in [7, 11) is 0. The Labute approximate surface area is 124 Å². The molecule has 0 saturated carbocycles. The van der Waals surface area contributed by atoms with E-state index < -0.39 is 5.97 Å². The molecule has 0 atom stereocenters. The van der Waals surface area contributed by atoms with Crippen molar-refractivity contribution < 1.29 is 14.6 Å². The summed E-state index contributed by atoms with van der Waals surface area (Å²) in [4.78, 5) is 10.5. The van der Waals surface area contributed by atoms with E-state index in [4.69, 9.17) is 33.0 Å². The van der Waals surface area contributed by atoms with Crippen molar-refractivity contribution in [3.05, 3.63) is 40.1 Å². The molecule has 106 valence electrons. The van der Waals surface area contributed by atoms with Gasteiger partial charge in [0.1, 0.15) is 12.4 Å². The van der Waals surface area contributed by atoms with Crippen molar-refractivity contribution in [1.82, 2.24) is 15.0 Å². The average Bonchev–Trinajstić information content (AvgIpc) is 2.79. The Balaban J connectivity index is 1.86. The molecular weight excluding hydrogens is 305 g/mol. The Bertz CT molecular complexity index is 616. The highest BCUT2D eigenvalue weighted by molar-refractivity contribution is 6.35. The number of hydrogen-bond acceptors (Lipinski definition) is 4. The first-order chi connectivity index (χ1) is 9.54. The summed E-state index contributed by atoms with van der Waals surface area (Å²) in [5, 5.41) is 17.1. The number of aliphatic carboxylic acids is 1. The van der Waals surface area contributed by atoms with Gasteiger partial charge >= 0.3 is 5.97 Å². The molecule has 0 spiro atoms. The molecule has 1 aromatic carbocycles. The maximum absolute atomic E-state index is 10.5. The molecule has 0 unspecified atom stereocenters. The molecule has 0 aliphatic heterocycles. The van der Waals surface area contributed by atoms with Crippen LogP contribution in [0.25, 0.3) is 0 Å². The lowest BCUT2D eigenvalue weighted by Gasteiger charge is -2.07. The third-order valence-corrected chi connectivity index (χ3v) is 2.92. The monoisotopic (exact) mass is 315 g/mol. The Hall–Kier alpha value is -1.79. The average molecular weight is 316 g/mol. The predicted octanol–water partition coefficient (Wildman–Crippen LogP) is 2.29. The van der Waals surface area contributed by atoms with Crippen LogP contribution >= 0.6 is 23.2 Å². The van der Waals surface area contributed by atoms with E-state index in [-0.39, 0.29) is 6.42 Å². The third-order valence-electron chi connectivity index (χ3n) is 2.39. The van der Waals surface area contributed by atoms with Crippen molar-refractivity contribution in [3.63, 3.8) is 0 Å². The van der Waals surface area contributed by atoms with Gasteiger partial charge in [-0.1, -0.05) is 28.4 Å². The standard InChI is InChI=1S/C12H11Cl2N3O3/c13-8-1-2-11(10(14)5-8)20-4-3-17-7-9(15-16-17)6-12(18)19/h1-2,5,7H,3-4,6H2,(H,18,19). The van der Waals surface area contributed by atoms with Crippen molar-refractivity contribution in [2.45, 2.75) is 13.0 Å². The van der Waals surface area contributed by atoms with E-state index in [0.29, 0.717) is 34.6 Å². The molecule has 0 bridgehead atoms. The number of benzene rings is 1. The van der Waals surface area contributed by atoms with E-state index in [1.165, 1.54) is 4.68 Å². The van der Waals surface area contributed by atoms with Crippen molar-refractivity contribution in [1.29, 1.82) is 0 Å². The minimum absolute atomic E-state index is 0.149. The fraction of sp³-hybridized carbons (Fsp3) is 0.250. The van der Waals surface area contributed by atoms with Crippen LogP contribution in [0.5, 0.6) is 5.75 Å². The van der Waals surface area contributed by atoms with Crippen LogP contribution in [0, 0.1) is 0 Å². The number of carbonyl (C=O) groups is 1. The van der Waals surface area contributed by atoms with Gasteiger partial charge < -0.3 is 9.84 Å². The third kappa shape index (κ3) is 4.11. The zero-order valence-corrected chi connectivity index (χ0v) is 11.8. The smallest absolute Gasteiger partial charge is 0.309 e. The number of aromatic nitrogens is 3. The molecule has 20 heavy (non-hydrogen) atoms. The largest absolute Gasteiger partial charge is 0.490 e. The topological polar surface area (TPSA) is 77.2 Å². The Morgan fingerprint density at radius 3 is 2.90 bits per heavy atom. The maximum atomic E-state index is 10.5. The normalized spacial score (nSPS) is 10.5. The Morgan fingerprint density at radius 2 is 2.20 bits per heavy atom. The van der Waals surface area contributed by atoms with Crippen LogP contribution in [-0.2, 0) is 17.8 Å². The molecule has 1 heterocycles. The summed E-state index contributed by atoms with van der Waals surface area (Å²) in [6.45, 7) is 0.767. The molecule has 6 nitrogen and oxygen atoms in total. The number of ether oxygens (including phenoxy) is 1. The molecule has 0 fully saturated rings. The highest BCUT2D eigenvalue weighted by Crippen LogP contribution is 2.27. The molecule has 8 heteroatoms. The minimum atomic E-state index is -0.943. The van der Waals surface area contributed by atoms with Gasteiger partial charge in [-0.25, -0.2) is 4.68 Å². The van der Waals surface area contributed by atoms with Gasteiger partial charge in [-0.05, 0) is 18.2 Å². The molecule has 0 aliphatic rings. The van der Waals surface area contributed by atoms with Crippen LogP contribution in [0.1, 0.15) is 5.69 Å². The Kier molecular flexibility index (Phi) is 4.81. The van der Waals surface area contributed by atoms with Gasteiger partial charge in [-0.15, -0.1) is 5.10 Å². The van der Waals surface area contributed by atoms with Crippen molar-refractivity contribution in [3.8, 4) is 5.75 Å².